The van der Waals surface area contributed by atoms with Crippen molar-refractivity contribution in [2.75, 3.05) is 12.4 Å². The molecule has 0 bridgehead atoms. The van der Waals surface area contributed by atoms with Crippen LogP contribution in [0, 0.1) is 0 Å². The molecule has 1 aromatic heterocycles. The first-order chi connectivity index (χ1) is 9.69. The van der Waals surface area contributed by atoms with Gasteiger partial charge < -0.3 is 9.47 Å². The molecule has 0 fully saturated rings. The molecule has 1 atom stereocenters. The van der Waals surface area contributed by atoms with E-state index in [1.54, 1.807) is 25.6 Å². The lowest BCUT2D eigenvalue weighted by Gasteiger charge is -2.12. The zero-order chi connectivity index (χ0) is 14.4. The highest BCUT2D eigenvalue weighted by atomic mass is 32.1. The van der Waals surface area contributed by atoms with Gasteiger partial charge in [0.15, 0.2) is 5.13 Å². The van der Waals surface area contributed by atoms with E-state index in [2.05, 4.69) is 10.3 Å². The Morgan fingerprint density at radius 1 is 1.50 bits per heavy atom. The molecule has 2 rings (SSSR count). The second kappa shape index (κ2) is 7.02. The number of carbonyl (C=O) groups excluding carboxylic acids is 1. The average Bonchev–Trinajstić information content (AvgIpc) is 2.97. The monoisotopic (exact) mass is 292 g/mol. The quantitative estimate of drug-likeness (QED) is 0.889. The van der Waals surface area contributed by atoms with Crippen LogP contribution in [0.4, 0.5) is 5.13 Å². The Balaban J connectivity index is 1.84. The fraction of sp³-hybridized carbons (Fsp3) is 0.286. The van der Waals surface area contributed by atoms with Crippen molar-refractivity contribution in [1.29, 1.82) is 0 Å². The van der Waals surface area contributed by atoms with Gasteiger partial charge in [0.2, 0.25) is 0 Å². The van der Waals surface area contributed by atoms with Gasteiger partial charge in [-0.15, -0.1) is 11.3 Å². The number of rotatable bonds is 6. The maximum atomic E-state index is 11.9. The molecule has 0 saturated carbocycles. The van der Waals surface area contributed by atoms with E-state index in [1.165, 1.54) is 11.3 Å². The van der Waals surface area contributed by atoms with Gasteiger partial charge in [0.05, 0.1) is 13.7 Å². The number of hydrogen-bond acceptors (Lipinski definition) is 5. The van der Waals surface area contributed by atoms with Gasteiger partial charge in [-0.2, -0.15) is 0 Å². The smallest absolute Gasteiger partial charge is 0.255 e. The van der Waals surface area contributed by atoms with Gasteiger partial charge in [-0.05, 0) is 24.6 Å². The highest BCUT2D eigenvalue weighted by Crippen LogP contribution is 2.15. The summed E-state index contributed by atoms with van der Waals surface area (Å²) in [5.41, 5.74) is 0.957. The summed E-state index contributed by atoms with van der Waals surface area (Å²) in [5, 5.41) is 5.08. The maximum Gasteiger partial charge on any atom is 0.255 e. The van der Waals surface area contributed by atoms with E-state index < -0.39 is 6.10 Å². The standard InChI is InChI=1S/C14H16N2O3S/c1-10(13(17)16-14-15-6-7-20-14)19-9-11-4-3-5-12(8-11)18-2/h3-8,10H,9H2,1-2H3,(H,15,16,17)/t10-/m1/s1. The van der Waals surface area contributed by atoms with E-state index in [-0.39, 0.29) is 5.91 Å². The minimum absolute atomic E-state index is 0.206. The molecule has 1 N–H and O–H groups in total. The van der Waals surface area contributed by atoms with Crippen molar-refractivity contribution >= 4 is 22.4 Å². The summed E-state index contributed by atoms with van der Waals surface area (Å²) < 4.78 is 10.7. The van der Waals surface area contributed by atoms with Crippen LogP contribution in [0.25, 0.3) is 0 Å². The Kier molecular flexibility index (Phi) is 5.09. The molecule has 0 spiro atoms. The summed E-state index contributed by atoms with van der Waals surface area (Å²) in [6.07, 6.45) is 1.09. The lowest BCUT2D eigenvalue weighted by Crippen LogP contribution is -2.27. The average molecular weight is 292 g/mol. The van der Waals surface area contributed by atoms with Crippen molar-refractivity contribution < 1.29 is 14.3 Å². The minimum Gasteiger partial charge on any atom is -0.497 e. The molecule has 0 aliphatic rings. The predicted octanol–water partition coefficient (Wildman–Crippen LogP) is 2.70. The first kappa shape index (κ1) is 14.5. The summed E-state index contributed by atoms with van der Waals surface area (Å²) in [5.74, 6) is 0.564. The molecule has 5 nitrogen and oxygen atoms in total. The second-order valence-corrected chi connectivity index (χ2v) is 5.03. The summed E-state index contributed by atoms with van der Waals surface area (Å²) >= 11 is 1.37. The van der Waals surface area contributed by atoms with Crippen LogP contribution in [-0.2, 0) is 16.1 Å². The van der Waals surface area contributed by atoms with Crippen molar-refractivity contribution in [3.8, 4) is 5.75 Å². The van der Waals surface area contributed by atoms with E-state index in [0.29, 0.717) is 11.7 Å². The number of methoxy groups -OCH3 is 1. The molecule has 0 aliphatic carbocycles. The van der Waals surface area contributed by atoms with Gasteiger partial charge in [-0.1, -0.05) is 12.1 Å². The molecule has 2 aromatic rings. The third-order valence-corrected chi connectivity index (χ3v) is 3.35. The summed E-state index contributed by atoms with van der Waals surface area (Å²) in [4.78, 5) is 15.9. The zero-order valence-electron chi connectivity index (χ0n) is 11.3. The van der Waals surface area contributed by atoms with Gasteiger partial charge in [0.1, 0.15) is 11.9 Å². The van der Waals surface area contributed by atoms with E-state index in [1.807, 2.05) is 24.3 Å². The molecule has 0 unspecified atom stereocenters. The maximum absolute atomic E-state index is 11.9. The third kappa shape index (κ3) is 4.04. The van der Waals surface area contributed by atoms with Crippen molar-refractivity contribution in [2.24, 2.45) is 0 Å². The van der Waals surface area contributed by atoms with Gasteiger partial charge in [0.25, 0.3) is 5.91 Å². The Morgan fingerprint density at radius 2 is 2.35 bits per heavy atom. The largest absolute Gasteiger partial charge is 0.497 e. The molecule has 6 heteroatoms. The van der Waals surface area contributed by atoms with Gasteiger partial charge in [-0.25, -0.2) is 4.98 Å². The topological polar surface area (TPSA) is 60.5 Å². The molecule has 1 heterocycles. The fourth-order valence-electron chi connectivity index (χ4n) is 1.55. The number of aromatic nitrogens is 1. The van der Waals surface area contributed by atoms with Crippen molar-refractivity contribution in [2.45, 2.75) is 19.6 Å². The van der Waals surface area contributed by atoms with Crippen molar-refractivity contribution in [3.05, 3.63) is 41.4 Å². The normalized spacial score (nSPS) is 11.9. The molecule has 0 aliphatic heterocycles. The minimum atomic E-state index is -0.551. The van der Waals surface area contributed by atoms with Gasteiger partial charge in [0, 0.05) is 11.6 Å². The Labute approximate surface area is 121 Å². The van der Waals surface area contributed by atoms with E-state index in [4.69, 9.17) is 9.47 Å². The number of thiazole rings is 1. The van der Waals surface area contributed by atoms with Crippen molar-refractivity contribution in [3.63, 3.8) is 0 Å². The first-order valence-electron chi connectivity index (χ1n) is 6.14. The molecule has 106 valence electrons. The van der Waals surface area contributed by atoms with E-state index >= 15 is 0 Å². The highest BCUT2D eigenvalue weighted by molar-refractivity contribution is 7.13. The molecule has 0 saturated heterocycles. The van der Waals surface area contributed by atoms with Crippen LogP contribution in [0.1, 0.15) is 12.5 Å². The molecule has 1 amide bonds. The van der Waals surface area contributed by atoms with Crippen LogP contribution >= 0.6 is 11.3 Å². The molecule has 20 heavy (non-hydrogen) atoms. The predicted molar refractivity (Wildman–Crippen MR) is 78.0 cm³/mol. The number of benzene rings is 1. The second-order valence-electron chi connectivity index (χ2n) is 4.13. The van der Waals surface area contributed by atoms with Crippen LogP contribution in [-0.4, -0.2) is 24.1 Å². The number of nitrogens with one attached hydrogen (secondary N) is 1. The lowest BCUT2D eigenvalue weighted by molar-refractivity contribution is -0.127. The molecule has 0 radical (unpaired) electrons. The Bertz CT molecular complexity index is 557. The summed E-state index contributed by atoms with van der Waals surface area (Å²) in [6.45, 7) is 2.06. The highest BCUT2D eigenvalue weighted by Gasteiger charge is 2.14. The van der Waals surface area contributed by atoms with Crippen LogP contribution in [0.2, 0.25) is 0 Å². The molecular weight excluding hydrogens is 276 g/mol. The third-order valence-electron chi connectivity index (χ3n) is 2.67. The van der Waals surface area contributed by atoms with Gasteiger partial charge in [-0.3, -0.25) is 10.1 Å². The Hall–Kier alpha value is -1.92. The summed E-state index contributed by atoms with van der Waals surface area (Å²) in [6, 6.07) is 7.55. The van der Waals surface area contributed by atoms with Crippen molar-refractivity contribution in [1.82, 2.24) is 4.98 Å². The van der Waals surface area contributed by atoms with Crippen LogP contribution in [0.3, 0.4) is 0 Å². The summed E-state index contributed by atoms with van der Waals surface area (Å²) in [7, 11) is 1.62. The number of ether oxygens (including phenoxy) is 2. The zero-order valence-corrected chi connectivity index (χ0v) is 12.1. The Morgan fingerprint density at radius 3 is 3.05 bits per heavy atom. The van der Waals surface area contributed by atoms with Crippen LogP contribution < -0.4 is 10.1 Å². The van der Waals surface area contributed by atoms with E-state index in [0.717, 1.165) is 11.3 Å². The number of carbonyl (C=O) groups is 1. The van der Waals surface area contributed by atoms with Crippen LogP contribution in [0.5, 0.6) is 5.75 Å². The van der Waals surface area contributed by atoms with Crippen LogP contribution in [0.15, 0.2) is 35.8 Å². The SMILES string of the molecule is COc1cccc(CO[C@H](C)C(=O)Nc2nccs2)c1. The number of amides is 1. The van der Waals surface area contributed by atoms with E-state index in [9.17, 15) is 4.79 Å². The fourth-order valence-corrected chi connectivity index (χ4v) is 2.08. The molecular formula is C14H16N2O3S. The molecule has 1 aromatic carbocycles. The lowest BCUT2D eigenvalue weighted by atomic mass is 10.2. The van der Waals surface area contributed by atoms with Gasteiger partial charge >= 0.3 is 0 Å². The first-order valence-corrected chi connectivity index (χ1v) is 7.02. The number of hydrogen-bond donors (Lipinski definition) is 1. The number of anilines is 1. The number of nitrogens with zero attached hydrogens (tertiary/aromatic N) is 1.